The van der Waals surface area contributed by atoms with E-state index in [9.17, 15) is 9.90 Å². The van der Waals surface area contributed by atoms with Crippen molar-refractivity contribution in [2.75, 3.05) is 0 Å². The minimum absolute atomic E-state index is 0.283. The van der Waals surface area contributed by atoms with Gasteiger partial charge < -0.3 is 14.7 Å². The Morgan fingerprint density at radius 2 is 2.05 bits per heavy atom. The summed E-state index contributed by atoms with van der Waals surface area (Å²) in [6.45, 7) is 0.742. The van der Waals surface area contributed by atoms with Crippen molar-refractivity contribution in [3.8, 4) is 5.75 Å². The van der Waals surface area contributed by atoms with Gasteiger partial charge in [-0.2, -0.15) is 0 Å². The molecule has 0 aliphatic carbocycles. The number of benzene rings is 1. The molecule has 0 saturated heterocycles. The molecule has 0 atom stereocenters. The van der Waals surface area contributed by atoms with Crippen LogP contribution >= 0.6 is 0 Å². The molecular weight excluding hydrogens is 242 g/mol. The predicted octanol–water partition coefficient (Wildman–Crippen LogP) is 1.67. The first kappa shape index (κ1) is 11.5. The monoisotopic (exact) mass is 255 g/mol. The predicted molar refractivity (Wildman–Crippen MR) is 72.2 cm³/mol. The summed E-state index contributed by atoms with van der Waals surface area (Å²) in [7, 11) is 0. The quantitative estimate of drug-likeness (QED) is 0.748. The minimum atomic E-state index is -0.513. The number of rotatable bonds is 3. The van der Waals surface area contributed by atoms with Gasteiger partial charge in [0.15, 0.2) is 11.4 Å². The molecule has 0 aliphatic heterocycles. The molecule has 2 aromatic heterocycles. The average molecular weight is 255 g/mol. The van der Waals surface area contributed by atoms with Gasteiger partial charge in [0.1, 0.15) is 0 Å². The fraction of sp³-hybridized carbons (Fsp3) is 0.143. The van der Waals surface area contributed by atoms with Crippen molar-refractivity contribution in [1.29, 1.82) is 0 Å². The second-order valence-electron chi connectivity index (χ2n) is 4.39. The summed E-state index contributed by atoms with van der Waals surface area (Å²) in [6.07, 6.45) is 2.54. The Morgan fingerprint density at radius 1 is 1.26 bits per heavy atom. The molecule has 0 fully saturated rings. The van der Waals surface area contributed by atoms with Gasteiger partial charge in [0.25, 0.3) is 5.56 Å². The Balaban J connectivity index is 1.89. The van der Waals surface area contributed by atoms with Crippen LogP contribution in [-0.4, -0.2) is 19.6 Å². The molecule has 0 radical (unpaired) electrons. The average Bonchev–Trinajstić information content (AvgIpc) is 2.80. The molecule has 5 heteroatoms. The van der Waals surface area contributed by atoms with Crippen LogP contribution in [0.4, 0.5) is 0 Å². The van der Waals surface area contributed by atoms with Crippen molar-refractivity contribution < 1.29 is 5.11 Å². The summed E-state index contributed by atoms with van der Waals surface area (Å²) in [6, 6.07) is 11.6. The number of nitrogens with zero attached hydrogens (tertiary/aromatic N) is 2. The lowest BCUT2D eigenvalue weighted by Crippen LogP contribution is -2.06. The number of fused-ring (bicyclic) bond motifs is 1. The normalized spacial score (nSPS) is 10.9. The molecule has 0 unspecified atom stereocenters. The van der Waals surface area contributed by atoms with Crippen LogP contribution in [0.5, 0.6) is 5.75 Å². The molecule has 0 bridgehead atoms. The van der Waals surface area contributed by atoms with Crippen molar-refractivity contribution in [3.63, 3.8) is 0 Å². The first-order valence-corrected chi connectivity index (χ1v) is 6.05. The number of aromatic nitrogens is 3. The Bertz CT molecular complexity index is 759. The van der Waals surface area contributed by atoms with Crippen LogP contribution in [-0.2, 0) is 13.0 Å². The summed E-state index contributed by atoms with van der Waals surface area (Å²) < 4.78 is 1.91. The van der Waals surface area contributed by atoms with E-state index in [1.165, 1.54) is 11.6 Å². The largest absolute Gasteiger partial charge is 0.503 e. The Hall–Kier alpha value is -2.56. The van der Waals surface area contributed by atoms with Gasteiger partial charge in [-0.3, -0.25) is 4.79 Å². The molecule has 1 aromatic carbocycles. The fourth-order valence-corrected chi connectivity index (χ4v) is 2.08. The van der Waals surface area contributed by atoms with E-state index in [0.29, 0.717) is 5.65 Å². The lowest BCUT2D eigenvalue weighted by Gasteiger charge is -2.04. The van der Waals surface area contributed by atoms with Crippen LogP contribution in [0.2, 0.25) is 0 Å². The molecule has 2 heterocycles. The standard InChI is InChI=1S/C14H13N3O2/c18-12-8-11-13(16-14(12)19)15-9-17(11)7-6-10-4-2-1-3-5-10/h1-5,8-9,18H,6-7H2,(H,16,19). The lowest BCUT2D eigenvalue weighted by molar-refractivity contribution is 0.467. The lowest BCUT2D eigenvalue weighted by atomic mass is 10.1. The van der Waals surface area contributed by atoms with Crippen LogP contribution in [0.3, 0.4) is 0 Å². The SMILES string of the molecule is O=c1[nH]c2ncn(CCc3ccccc3)c2cc1O. The molecule has 3 aromatic rings. The summed E-state index contributed by atoms with van der Waals surface area (Å²) in [5.41, 5.74) is 1.95. The molecule has 2 N–H and O–H groups in total. The van der Waals surface area contributed by atoms with Crippen LogP contribution in [0.25, 0.3) is 11.2 Å². The van der Waals surface area contributed by atoms with Crippen molar-refractivity contribution >= 4 is 11.2 Å². The van der Waals surface area contributed by atoms with E-state index in [-0.39, 0.29) is 5.75 Å². The third kappa shape index (κ3) is 2.22. The van der Waals surface area contributed by atoms with E-state index in [4.69, 9.17) is 0 Å². The number of nitrogens with one attached hydrogen (secondary N) is 1. The van der Waals surface area contributed by atoms with E-state index in [1.807, 2.05) is 22.8 Å². The Morgan fingerprint density at radius 3 is 2.84 bits per heavy atom. The van der Waals surface area contributed by atoms with Gasteiger partial charge in [0.05, 0.1) is 11.8 Å². The maximum absolute atomic E-state index is 11.3. The van der Waals surface area contributed by atoms with Gasteiger partial charge >= 0.3 is 0 Å². The number of H-pyrrole nitrogens is 1. The van der Waals surface area contributed by atoms with Gasteiger partial charge in [0.2, 0.25) is 0 Å². The van der Waals surface area contributed by atoms with Crippen LogP contribution in [0, 0.1) is 0 Å². The highest BCUT2D eigenvalue weighted by Crippen LogP contribution is 2.13. The Labute approximate surface area is 109 Å². The number of hydrogen-bond acceptors (Lipinski definition) is 3. The molecule has 0 amide bonds. The minimum Gasteiger partial charge on any atom is -0.503 e. The molecule has 96 valence electrons. The van der Waals surface area contributed by atoms with E-state index in [0.717, 1.165) is 18.5 Å². The molecule has 0 spiro atoms. The second kappa shape index (κ2) is 4.61. The third-order valence-electron chi connectivity index (χ3n) is 3.10. The van der Waals surface area contributed by atoms with E-state index >= 15 is 0 Å². The number of aromatic hydroxyl groups is 1. The topological polar surface area (TPSA) is 70.9 Å². The number of hydrogen-bond donors (Lipinski definition) is 2. The second-order valence-corrected chi connectivity index (χ2v) is 4.39. The molecule has 3 rings (SSSR count). The van der Waals surface area contributed by atoms with Crippen LogP contribution < -0.4 is 5.56 Å². The van der Waals surface area contributed by atoms with Crippen molar-refractivity contribution in [3.05, 3.63) is 58.6 Å². The Kier molecular flexibility index (Phi) is 2.79. The van der Waals surface area contributed by atoms with Crippen LogP contribution in [0.1, 0.15) is 5.56 Å². The number of aromatic amines is 1. The number of aryl methyl sites for hydroxylation is 2. The molecule has 0 saturated carbocycles. The zero-order valence-corrected chi connectivity index (χ0v) is 10.2. The number of imidazole rings is 1. The van der Waals surface area contributed by atoms with Gasteiger partial charge in [-0.25, -0.2) is 4.98 Å². The molecule has 0 aliphatic rings. The summed E-state index contributed by atoms with van der Waals surface area (Å²) in [5, 5.41) is 9.46. The molecule has 19 heavy (non-hydrogen) atoms. The van der Waals surface area contributed by atoms with Crippen molar-refractivity contribution in [2.24, 2.45) is 0 Å². The zero-order valence-electron chi connectivity index (χ0n) is 10.2. The third-order valence-corrected chi connectivity index (χ3v) is 3.10. The highest BCUT2D eigenvalue weighted by Gasteiger charge is 2.06. The van der Waals surface area contributed by atoms with E-state index in [1.54, 1.807) is 6.33 Å². The van der Waals surface area contributed by atoms with Gasteiger partial charge in [-0.05, 0) is 12.0 Å². The van der Waals surface area contributed by atoms with Gasteiger partial charge in [-0.1, -0.05) is 30.3 Å². The van der Waals surface area contributed by atoms with Crippen molar-refractivity contribution in [1.82, 2.24) is 14.5 Å². The van der Waals surface area contributed by atoms with E-state index < -0.39 is 5.56 Å². The van der Waals surface area contributed by atoms with Gasteiger partial charge in [-0.15, -0.1) is 0 Å². The highest BCUT2D eigenvalue weighted by molar-refractivity contribution is 5.72. The highest BCUT2D eigenvalue weighted by atomic mass is 16.3. The fourth-order valence-electron chi connectivity index (χ4n) is 2.08. The maximum Gasteiger partial charge on any atom is 0.291 e. The summed E-state index contributed by atoms with van der Waals surface area (Å²) >= 11 is 0. The van der Waals surface area contributed by atoms with E-state index in [2.05, 4.69) is 22.1 Å². The molecule has 5 nitrogen and oxygen atoms in total. The van der Waals surface area contributed by atoms with Crippen molar-refractivity contribution in [2.45, 2.75) is 13.0 Å². The summed E-state index contributed by atoms with van der Waals surface area (Å²) in [4.78, 5) is 17.9. The zero-order chi connectivity index (χ0) is 13.2. The van der Waals surface area contributed by atoms with Crippen LogP contribution in [0.15, 0.2) is 47.5 Å². The molecular formula is C14H13N3O2. The first-order valence-electron chi connectivity index (χ1n) is 6.05. The van der Waals surface area contributed by atoms with Gasteiger partial charge in [0, 0.05) is 12.6 Å². The summed E-state index contributed by atoms with van der Waals surface area (Å²) in [5.74, 6) is -0.283. The first-order chi connectivity index (χ1) is 9.24. The smallest absolute Gasteiger partial charge is 0.291 e. The maximum atomic E-state index is 11.3. The number of pyridine rings is 1.